The number of amides is 1. The van der Waals surface area contributed by atoms with E-state index in [4.69, 9.17) is 11.6 Å². The van der Waals surface area contributed by atoms with E-state index >= 15 is 0 Å². The summed E-state index contributed by atoms with van der Waals surface area (Å²) in [6, 6.07) is 3.14. The van der Waals surface area contributed by atoms with Gasteiger partial charge in [0.2, 0.25) is 5.43 Å². The van der Waals surface area contributed by atoms with E-state index in [9.17, 15) is 31.5 Å². The van der Waals surface area contributed by atoms with Crippen LogP contribution in [-0.4, -0.2) is 27.7 Å². The van der Waals surface area contributed by atoms with Crippen molar-refractivity contribution in [2.75, 3.05) is 0 Å². The van der Waals surface area contributed by atoms with Gasteiger partial charge in [0.1, 0.15) is 39.7 Å². The molecular weight excluding hydrogens is 433 g/mol. The van der Waals surface area contributed by atoms with E-state index in [1.54, 1.807) is 5.32 Å². The second-order valence-electron chi connectivity index (χ2n) is 6.29. The first-order valence-corrected chi connectivity index (χ1v) is 8.96. The molecule has 30 heavy (non-hydrogen) atoms. The lowest BCUT2D eigenvalue weighted by Gasteiger charge is -2.20. The van der Waals surface area contributed by atoms with Gasteiger partial charge in [-0.1, -0.05) is 24.6 Å². The van der Waals surface area contributed by atoms with Crippen LogP contribution in [0.15, 0.2) is 41.3 Å². The molecule has 1 aromatic carbocycles. The third-order valence-corrected chi connectivity index (χ3v) is 4.56. The van der Waals surface area contributed by atoms with Gasteiger partial charge in [0.05, 0.1) is 5.39 Å². The minimum Gasteiger partial charge on any atom is -0.340 e. The molecule has 3 rings (SSSR count). The van der Waals surface area contributed by atoms with Crippen molar-refractivity contribution in [2.45, 2.75) is 25.6 Å². The van der Waals surface area contributed by atoms with Crippen LogP contribution in [-0.2, 0) is 0 Å². The summed E-state index contributed by atoms with van der Waals surface area (Å²) >= 11 is 5.83. The van der Waals surface area contributed by atoms with E-state index in [1.165, 1.54) is 19.1 Å². The first kappa shape index (κ1) is 21.7. The summed E-state index contributed by atoms with van der Waals surface area (Å²) in [4.78, 5) is 29.1. The van der Waals surface area contributed by atoms with Crippen LogP contribution < -0.4 is 10.7 Å². The van der Waals surface area contributed by atoms with Gasteiger partial charge in [0.25, 0.3) is 5.91 Å². The number of rotatable bonds is 4. The van der Waals surface area contributed by atoms with Crippen molar-refractivity contribution in [1.82, 2.24) is 14.9 Å². The number of carbonyl (C=O) groups is 1. The fraction of sp³-hybridized carbons (Fsp3) is 0.211. The third kappa shape index (κ3) is 4.00. The predicted octanol–water partition coefficient (Wildman–Crippen LogP) is 4.39. The van der Waals surface area contributed by atoms with Crippen molar-refractivity contribution in [2.24, 2.45) is 0 Å². The van der Waals surface area contributed by atoms with E-state index in [1.807, 2.05) is 0 Å². The van der Waals surface area contributed by atoms with E-state index < -0.39 is 52.9 Å². The zero-order valence-corrected chi connectivity index (χ0v) is 16.0. The SMILES string of the molecule is CCC(NC(=O)c1cn(-c2c(F)cccc2F)c2nc(Cl)ccc2c1=O)C(F)(F)F. The molecule has 158 valence electrons. The number of para-hydroxylation sites is 1. The van der Waals surface area contributed by atoms with Crippen LogP contribution in [0.3, 0.4) is 0 Å². The third-order valence-electron chi connectivity index (χ3n) is 4.35. The van der Waals surface area contributed by atoms with Crippen LogP contribution in [0.5, 0.6) is 0 Å². The van der Waals surface area contributed by atoms with Gasteiger partial charge in [-0.25, -0.2) is 13.8 Å². The zero-order chi connectivity index (χ0) is 22.2. The minimum absolute atomic E-state index is 0.104. The van der Waals surface area contributed by atoms with Crippen LogP contribution in [0.2, 0.25) is 5.15 Å². The Balaban J connectivity index is 2.28. The maximum Gasteiger partial charge on any atom is 0.408 e. The van der Waals surface area contributed by atoms with Gasteiger partial charge in [0.15, 0.2) is 0 Å². The Kier molecular flexibility index (Phi) is 5.80. The fourth-order valence-electron chi connectivity index (χ4n) is 2.88. The van der Waals surface area contributed by atoms with E-state index in [0.717, 1.165) is 29.0 Å². The summed E-state index contributed by atoms with van der Waals surface area (Å²) in [5.41, 5.74) is -2.64. The highest BCUT2D eigenvalue weighted by atomic mass is 35.5. The number of nitrogens with one attached hydrogen (secondary N) is 1. The molecule has 0 bridgehead atoms. The van der Waals surface area contributed by atoms with Crippen LogP contribution in [0.25, 0.3) is 16.7 Å². The topological polar surface area (TPSA) is 64.0 Å². The fourth-order valence-corrected chi connectivity index (χ4v) is 3.03. The number of pyridine rings is 2. The van der Waals surface area contributed by atoms with Crippen molar-refractivity contribution in [3.05, 3.63) is 69.1 Å². The van der Waals surface area contributed by atoms with E-state index in [0.29, 0.717) is 0 Å². The Hall–Kier alpha value is -3.01. The van der Waals surface area contributed by atoms with Crippen molar-refractivity contribution in [3.8, 4) is 5.69 Å². The Labute approximate surface area is 171 Å². The molecule has 1 atom stereocenters. The van der Waals surface area contributed by atoms with Crippen LogP contribution >= 0.6 is 11.6 Å². The van der Waals surface area contributed by atoms with Crippen molar-refractivity contribution in [1.29, 1.82) is 0 Å². The molecule has 5 nitrogen and oxygen atoms in total. The molecule has 0 aliphatic carbocycles. The van der Waals surface area contributed by atoms with Gasteiger partial charge in [0, 0.05) is 6.20 Å². The Morgan fingerprint density at radius 2 is 1.83 bits per heavy atom. The van der Waals surface area contributed by atoms with Gasteiger partial charge < -0.3 is 5.32 Å². The number of halogens is 6. The Bertz CT molecular complexity index is 1170. The van der Waals surface area contributed by atoms with Gasteiger partial charge >= 0.3 is 6.18 Å². The summed E-state index contributed by atoms with van der Waals surface area (Å²) in [6.07, 6.45) is -4.48. The largest absolute Gasteiger partial charge is 0.408 e. The highest BCUT2D eigenvalue weighted by molar-refractivity contribution is 6.29. The average molecular weight is 446 g/mol. The number of nitrogens with zero attached hydrogens (tertiary/aromatic N) is 2. The first-order chi connectivity index (χ1) is 14.0. The average Bonchev–Trinajstić information content (AvgIpc) is 2.66. The minimum atomic E-state index is -4.74. The van der Waals surface area contributed by atoms with Crippen LogP contribution in [0.1, 0.15) is 23.7 Å². The highest BCUT2D eigenvalue weighted by Gasteiger charge is 2.39. The molecule has 0 aliphatic heterocycles. The molecule has 3 aromatic rings. The molecular formula is C19H13ClF5N3O2. The summed E-state index contributed by atoms with van der Waals surface area (Å²) in [5.74, 6) is -3.43. The van der Waals surface area contributed by atoms with Crippen LogP contribution in [0.4, 0.5) is 22.0 Å². The first-order valence-electron chi connectivity index (χ1n) is 8.58. The Morgan fingerprint density at radius 3 is 2.40 bits per heavy atom. The van der Waals surface area contributed by atoms with Gasteiger partial charge in [-0.2, -0.15) is 13.2 Å². The lowest BCUT2D eigenvalue weighted by Crippen LogP contribution is -2.46. The summed E-state index contributed by atoms with van der Waals surface area (Å²) < 4.78 is 68.6. The summed E-state index contributed by atoms with van der Waals surface area (Å²) in [5, 5.41) is 1.38. The molecule has 1 amide bonds. The molecule has 0 spiro atoms. The standard InChI is InChI=1S/C19H13ClF5N3O2/c1-2-13(19(23,24)25)26-18(30)10-8-28(15-11(21)4-3-5-12(15)22)17-9(16(10)29)6-7-14(20)27-17/h3-8,13H,2H2,1H3,(H,26,30). The second-order valence-corrected chi connectivity index (χ2v) is 6.68. The van der Waals surface area contributed by atoms with Crippen molar-refractivity contribution in [3.63, 3.8) is 0 Å². The zero-order valence-electron chi connectivity index (χ0n) is 15.2. The quantitative estimate of drug-likeness (QED) is 0.478. The maximum atomic E-state index is 14.4. The lowest BCUT2D eigenvalue weighted by atomic mass is 10.1. The number of aromatic nitrogens is 2. The summed E-state index contributed by atoms with van der Waals surface area (Å²) in [7, 11) is 0. The van der Waals surface area contributed by atoms with Crippen LogP contribution in [0, 0.1) is 11.6 Å². The molecule has 0 aliphatic rings. The molecule has 0 radical (unpaired) electrons. The number of hydrogen-bond acceptors (Lipinski definition) is 3. The van der Waals surface area contributed by atoms with Crippen molar-refractivity contribution < 1.29 is 26.7 Å². The number of carbonyl (C=O) groups excluding carboxylic acids is 1. The monoisotopic (exact) mass is 445 g/mol. The number of benzene rings is 1. The smallest absolute Gasteiger partial charge is 0.340 e. The molecule has 11 heteroatoms. The molecule has 2 heterocycles. The highest BCUT2D eigenvalue weighted by Crippen LogP contribution is 2.25. The second kappa shape index (κ2) is 8.02. The molecule has 0 saturated heterocycles. The molecule has 1 N–H and O–H groups in total. The number of hydrogen-bond donors (Lipinski definition) is 1. The lowest BCUT2D eigenvalue weighted by molar-refractivity contribution is -0.153. The molecule has 0 fully saturated rings. The van der Waals surface area contributed by atoms with Gasteiger partial charge in [-0.3, -0.25) is 14.2 Å². The van der Waals surface area contributed by atoms with Crippen molar-refractivity contribution >= 4 is 28.5 Å². The number of fused-ring (bicyclic) bond motifs is 1. The molecule has 1 unspecified atom stereocenters. The molecule has 2 aromatic heterocycles. The summed E-state index contributed by atoms with van der Waals surface area (Å²) in [6.45, 7) is 1.21. The maximum absolute atomic E-state index is 14.4. The predicted molar refractivity (Wildman–Crippen MR) is 99.9 cm³/mol. The normalized spacial score (nSPS) is 12.8. The van der Waals surface area contributed by atoms with Gasteiger partial charge in [-0.05, 0) is 30.7 Å². The molecule has 0 saturated carbocycles. The van der Waals surface area contributed by atoms with E-state index in [2.05, 4.69) is 4.98 Å². The van der Waals surface area contributed by atoms with E-state index in [-0.39, 0.29) is 16.2 Å². The Morgan fingerprint density at radius 1 is 1.20 bits per heavy atom. The number of alkyl halides is 3. The van der Waals surface area contributed by atoms with Gasteiger partial charge in [-0.15, -0.1) is 0 Å².